The van der Waals surface area contributed by atoms with E-state index in [2.05, 4.69) is 11.4 Å². The maximum Gasteiger partial charge on any atom is 0.327 e. The van der Waals surface area contributed by atoms with Gasteiger partial charge in [-0.15, -0.1) is 0 Å². The van der Waals surface area contributed by atoms with E-state index in [-0.39, 0.29) is 12.0 Å². The van der Waals surface area contributed by atoms with Crippen molar-refractivity contribution in [3.05, 3.63) is 34.9 Å². The van der Waals surface area contributed by atoms with Crippen LogP contribution in [0.15, 0.2) is 18.2 Å². The molecule has 0 aliphatic heterocycles. The van der Waals surface area contributed by atoms with E-state index < -0.39 is 0 Å². The van der Waals surface area contributed by atoms with Gasteiger partial charge in [0, 0.05) is 0 Å². The average molecular weight is 221 g/mol. The lowest BCUT2D eigenvalue weighted by Crippen LogP contribution is -2.29. The van der Waals surface area contributed by atoms with Crippen molar-refractivity contribution in [2.75, 3.05) is 13.7 Å². The number of ether oxygens (including phenoxy) is 1. The van der Waals surface area contributed by atoms with Gasteiger partial charge in [0.05, 0.1) is 7.11 Å². The van der Waals surface area contributed by atoms with E-state index in [1.165, 1.54) is 7.11 Å². The van der Waals surface area contributed by atoms with E-state index in [1.807, 2.05) is 32.9 Å². The average Bonchev–Trinajstić information content (AvgIpc) is 2.23. The van der Waals surface area contributed by atoms with Crippen LogP contribution in [-0.2, 0) is 9.53 Å². The predicted molar refractivity (Wildman–Crippen MR) is 64.3 cm³/mol. The summed E-state index contributed by atoms with van der Waals surface area (Å²) < 4.78 is 4.80. The largest absolute Gasteiger partial charge is 0.468 e. The Labute approximate surface area is 96.8 Å². The molecule has 0 fully saturated rings. The number of hydrogen-bond donors (Lipinski definition) is 1. The molecule has 3 heteroatoms. The van der Waals surface area contributed by atoms with Gasteiger partial charge < -0.3 is 10.1 Å². The molecular formula is C13H19NO2. The topological polar surface area (TPSA) is 38.3 Å². The number of aryl methyl sites for hydroxylation is 2. The van der Waals surface area contributed by atoms with Crippen molar-refractivity contribution < 1.29 is 9.53 Å². The first kappa shape index (κ1) is 12.7. The third-order valence-corrected chi connectivity index (χ3v) is 2.42. The molecule has 88 valence electrons. The fourth-order valence-corrected chi connectivity index (χ4v) is 1.84. The van der Waals surface area contributed by atoms with Crippen LogP contribution in [0.2, 0.25) is 0 Å². The minimum absolute atomic E-state index is 0.244. The summed E-state index contributed by atoms with van der Waals surface area (Å²) in [7, 11) is 1.41. The van der Waals surface area contributed by atoms with E-state index in [9.17, 15) is 4.79 Å². The van der Waals surface area contributed by atoms with E-state index in [0.29, 0.717) is 0 Å². The van der Waals surface area contributed by atoms with Crippen LogP contribution in [0, 0.1) is 13.8 Å². The zero-order valence-corrected chi connectivity index (χ0v) is 10.3. The molecule has 1 N–H and O–H groups in total. The summed E-state index contributed by atoms with van der Waals surface area (Å²) in [5.41, 5.74) is 3.27. The molecule has 1 aromatic carbocycles. The molecule has 3 nitrogen and oxygen atoms in total. The number of rotatable bonds is 4. The maximum atomic E-state index is 11.6. The smallest absolute Gasteiger partial charge is 0.327 e. The number of hydrogen-bond acceptors (Lipinski definition) is 3. The van der Waals surface area contributed by atoms with Gasteiger partial charge in [0.25, 0.3) is 0 Å². The van der Waals surface area contributed by atoms with Crippen molar-refractivity contribution in [3.63, 3.8) is 0 Å². The molecule has 16 heavy (non-hydrogen) atoms. The molecule has 1 atom stereocenters. The monoisotopic (exact) mass is 221 g/mol. The second-order valence-corrected chi connectivity index (χ2v) is 3.93. The normalized spacial score (nSPS) is 12.2. The van der Waals surface area contributed by atoms with Crippen LogP contribution in [0.3, 0.4) is 0 Å². The third-order valence-electron chi connectivity index (χ3n) is 2.42. The first-order valence-electron chi connectivity index (χ1n) is 5.48. The fraction of sp³-hybridized carbons (Fsp3) is 0.462. The van der Waals surface area contributed by atoms with Crippen LogP contribution in [0.5, 0.6) is 0 Å². The summed E-state index contributed by atoms with van der Waals surface area (Å²) in [5, 5.41) is 3.13. The lowest BCUT2D eigenvalue weighted by molar-refractivity contribution is -0.143. The van der Waals surface area contributed by atoms with Gasteiger partial charge in [0.1, 0.15) is 6.04 Å². The van der Waals surface area contributed by atoms with Crippen LogP contribution in [0.1, 0.15) is 29.7 Å². The summed E-state index contributed by atoms with van der Waals surface area (Å²) in [6.45, 7) is 6.75. The zero-order chi connectivity index (χ0) is 12.1. The van der Waals surface area contributed by atoms with Crippen LogP contribution < -0.4 is 5.32 Å². The molecule has 0 radical (unpaired) electrons. The van der Waals surface area contributed by atoms with Crippen molar-refractivity contribution in [3.8, 4) is 0 Å². The molecular weight excluding hydrogens is 202 g/mol. The Morgan fingerprint density at radius 2 is 1.88 bits per heavy atom. The molecule has 1 aromatic rings. The number of carbonyl (C=O) groups is 1. The number of benzene rings is 1. The van der Waals surface area contributed by atoms with Crippen molar-refractivity contribution in [1.82, 2.24) is 5.32 Å². The SMILES string of the molecule is CCNC(C(=O)OC)c1cc(C)cc(C)c1. The van der Waals surface area contributed by atoms with E-state index in [4.69, 9.17) is 4.74 Å². The van der Waals surface area contributed by atoms with Crippen LogP contribution >= 0.6 is 0 Å². The molecule has 0 amide bonds. The molecule has 0 spiro atoms. The minimum Gasteiger partial charge on any atom is -0.468 e. The number of methoxy groups -OCH3 is 1. The molecule has 0 aliphatic carbocycles. The van der Waals surface area contributed by atoms with Gasteiger partial charge in [-0.05, 0) is 26.0 Å². The van der Waals surface area contributed by atoms with E-state index in [1.54, 1.807) is 0 Å². The van der Waals surface area contributed by atoms with E-state index >= 15 is 0 Å². The molecule has 0 saturated carbocycles. The van der Waals surface area contributed by atoms with E-state index in [0.717, 1.165) is 23.2 Å². The number of likely N-dealkylation sites (N-methyl/N-ethyl adjacent to an activating group) is 1. The number of esters is 1. The van der Waals surface area contributed by atoms with Gasteiger partial charge in [-0.1, -0.05) is 36.2 Å². The van der Waals surface area contributed by atoms with Crippen LogP contribution in [0.4, 0.5) is 0 Å². The Bertz CT molecular complexity index is 354. The lowest BCUT2D eigenvalue weighted by atomic mass is 10.0. The second kappa shape index (κ2) is 5.66. The molecule has 0 saturated heterocycles. The van der Waals surface area contributed by atoms with Crippen molar-refractivity contribution in [1.29, 1.82) is 0 Å². The van der Waals surface area contributed by atoms with Gasteiger partial charge in [0.15, 0.2) is 0 Å². The minimum atomic E-state index is -0.367. The van der Waals surface area contributed by atoms with Gasteiger partial charge in [-0.3, -0.25) is 0 Å². The molecule has 0 aliphatic rings. The number of nitrogens with one attached hydrogen (secondary N) is 1. The van der Waals surface area contributed by atoms with Gasteiger partial charge in [0.2, 0.25) is 0 Å². The summed E-state index contributed by atoms with van der Waals surface area (Å²) >= 11 is 0. The third kappa shape index (κ3) is 3.07. The number of carbonyl (C=O) groups excluding carboxylic acids is 1. The first-order chi connectivity index (χ1) is 7.58. The highest BCUT2D eigenvalue weighted by Crippen LogP contribution is 2.18. The Kier molecular flexibility index (Phi) is 4.50. The summed E-state index contributed by atoms with van der Waals surface area (Å²) in [6, 6.07) is 5.74. The predicted octanol–water partition coefficient (Wildman–Crippen LogP) is 2.13. The van der Waals surface area contributed by atoms with Crippen molar-refractivity contribution in [2.45, 2.75) is 26.8 Å². The second-order valence-electron chi connectivity index (χ2n) is 3.93. The van der Waals surface area contributed by atoms with Crippen molar-refractivity contribution in [2.24, 2.45) is 0 Å². The molecule has 1 unspecified atom stereocenters. The van der Waals surface area contributed by atoms with Crippen LogP contribution in [0.25, 0.3) is 0 Å². The molecule has 0 aromatic heterocycles. The van der Waals surface area contributed by atoms with Gasteiger partial charge in [-0.25, -0.2) is 4.79 Å². The Morgan fingerprint density at radius 1 is 1.31 bits per heavy atom. The highest BCUT2D eigenvalue weighted by Gasteiger charge is 2.20. The summed E-state index contributed by atoms with van der Waals surface area (Å²) in [5.74, 6) is -0.244. The zero-order valence-electron chi connectivity index (χ0n) is 10.3. The summed E-state index contributed by atoms with van der Waals surface area (Å²) in [4.78, 5) is 11.6. The lowest BCUT2D eigenvalue weighted by Gasteiger charge is -2.16. The van der Waals surface area contributed by atoms with Gasteiger partial charge in [-0.2, -0.15) is 0 Å². The quantitative estimate of drug-likeness (QED) is 0.791. The summed E-state index contributed by atoms with van der Waals surface area (Å²) in [6.07, 6.45) is 0. The maximum absolute atomic E-state index is 11.6. The van der Waals surface area contributed by atoms with Crippen molar-refractivity contribution >= 4 is 5.97 Å². The fourth-order valence-electron chi connectivity index (χ4n) is 1.84. The van der Waals surface area contributed by atoms with Crippen LogP contribution in [-0.4, -0.2) is 19.6 Å². The standard InChI is InChI=1S/C13H19NO2/c1-5-14-12(13(15)16-4)11-7-9(2)6-10(3)8-11/h6-8,12,14H,5H2,1-4H3. The Balaban J connectivity index is 3.04. The highest BCUT2D eigenvalue weighted by molar-refractivity contribution is 5.77. The Hall–Kier alpha value is -1.35. The van der Waals surface area contributed by atoms with Gasteiger partial charge >= 0.3 is 5.97 Å². The molecule has 1 rings (SSSR count). The molecule has 0 heterocycles. The highest BCUT2D eigenvalue weighted by atomic mass is 16.5. The Morgan fingerprint density at radius 3 is 2.31 bits per heavy atom. The first-order valence-corrected chi connectivity index (χ1v) is 5.48. The molecule has 0 bridgehead atoms.